The molecule has 2 rings (SSSR count). The van der Waals surface area contributed by atoms with E-state index in [1.807, 2.05) is 0 Å². The summed E-state index contributed by atoms with van der Waals surface area (Å²) in [6, 6.07) is 3.51. The number of cyclic esters (lactones) is 1. The van der Waals surface area contributed by atoms with Crippen molar-refractivity contribution in [2.24, 2.45) is 5.73 Å². The van der Waals surface area contributed by atoms with Gasteiger partial charge in [-0.2, -0.15) is 0 Å². The number of ether oxygens (including phenoxy) is 1. The molecule has 0 radical (unpaired) electrons. The van der Waals surface area contributed by atoms with Crippen LogP contribution >= 0.6 is 0 Å². The van der Waals surface area contributed by atoms with Gasteiger partial charge in [-0.15, -0.1) is 0 Å². The molecule has 0 fully saturated rings. The van der Waals surface area contributed by atoms with E-state index >= 15 is 0 Å². The number of aromatic nitrogens is 1. The molecule has 0 aromatic carbocycles. The average molecular weight is 233 g/mol. The topological polar surface area (TPSA) is 109 Å². The van der Waals surface area contributed by atoms with Crippen LogP contribution in [0.5, 0.6) is 0 Å². The van der Waals surface area contributed by atoms with Gasteiger partial charge in [0, 0.05) is 18.8 Å². The molecule has 0 saturated heterocycles. The van der Waals surface area contributed by atoms with Crippen LogP contribution in [0, 0.1) is 5.41 Å². The Kier molecular flexibility index (Phi) is 2.78. The van der Waals surface area contributed by atoms with Gasteiger partial charge in [-0.1, -0.05) is 0 Å². The van der Waals surface area contributed by atoms with Gasteiger partial charge in [-0.25, -0.2) is 4.79 Å². The third kappa shape index (κ3) is 2.10. The van der Waals surface area contributed by atoms with Crippen LogP contribution in [0.1, 0.15) is 5.56 Å². The number of rotatable bonds is 3. The lowest BCUT2D eigenvalue weighted by molar-refractivity contribution is -0.139. The van der Waals surface area contributed by atoms with Crippen LogP contribution < -0.4 is 5.73 Å². The molecule has 0 saturated carbocycles. The van der Waals surface area contributed by atoms with Crippen molar-refractivity contribution in [3.05, 3.63) is 41.4 Å². The highest BCUT2D eigenvalue weighted by molar-refractivity contribution is 6.18. The largest absolute Gasteiger partial charge is 0.507 e. The molecule has 88 valence electrons. The van der Waals surface area contributed by atoms with Crippen molar-refractivity contribution in [3.63, 3.8) is 0 Å². The summed E-state index contributed by atoms with van der Waals surface area (Å²) >= 11 is 0. The van der Waals surface area contributed by atoms with Crippen molar-refractivity contribution in [1.29, 1.82) is 5.41 Å². The first-order valence-electron chi connectivity index (χ1n) is 4.97. The molecule has 1 aliphatic heterocycles. The minimum atomic E-state index is -0.774. The quantitative estimate of drug-likeness (QED) is 0.395. The van der Waals surface area contributed by atoms with Gasteiger partial charge >= 0.3 is 5.97 Å². The van der Waals surface area contributed by atoms with Crippen LogP contribution in [0.15, 0.2) is 35.9 Å². The van der Waals surface area contributed by atoms with Crippen molar-refractivity contribution in [2.45, 2.75) is 12.5 Å². The lowest BCUT2D eigenvalue weighted by atomic mass is 10.1. The molecular formula is C11H11N3O3. The Bertz CT molecular complexity index is 496. The standard InChI is InChI=1S/C11H11N3O3/c12-10(13)8-9(15)7(17-11(8)16)5-6-1-3-14-4-2-6/h1-4,7,15H,5H2,(H3,12,13). The maximum atomic E-state index is 11.4. The van der Waals surface area contributed by atoms with Crippen LogP contribution in [0.3, 0.4) is 0 Å². The van der Waals surface area contributed by atoms with Gasteiger partial charge in [0.2, 0.25) is 0 Å². The number of pyridine rings is 1. The zero-order valence-corrected chi connectivity index (χ0v) is 8.88. The summed E-state index contributed by atoms with van der Waals surface area (Å²) in [7, 11) is 0. The number of nitrogens with one attached hydrogen (secondary N) is 1. The Morgan fingerprint density at radius 1 is 1.53 bits per heavy atom. The normalized spacial score (nSPS) is 19.3. The van der Waals surface area contributed by atoms with Gasteiger partial charge in [-0.3, -0.25) is 10.4 Å². The first-order chi connectivity index (χ1) is 8.09. The highest BCUT2D eigenvalue weighted by Gasteiger charge is 2.35. The minimum Gasteiger partial charge on any atom is -0.507 e. The molecule has 6 heteroatoms. The number of nitrogens with zero attached hydrogens (tertiary/aromatic N) is 1. The SMILES string of the molecule is N=C(N)C1=C(O)C(Cc2ccncc2)OC1=O. The molecule has 0 bridgehead atoms. The third-order valence-corrected chi connectivity index (χ3v) is 2.45. The summed E-state index contributed by atoms with van der Waals surface area (Å²) < 4.78 is 4.95. The molecule has 0 aliphatic carbocycles. The first kappa shape index (κ1) is 11.1. The van der Waals surface area contributed by atoms with Crippen molar-refractivity contribution in [3.8, 4) is 0 Å². The third-order valence-electron chi connectivity index (χ3n) is 2.45. The number of amidine groups is 1. The van der Waals surface area contributed by atoms with Crippen LogP contribution in [-0.4, -0.2) is 28.0 Å². The highest BCUT2D eigenvalue weighted by Crippen LogP contribution is 2.23. The van der Waals surface area contributed by atoms with Crippen LogP contribution in [0.2, 0.25) is 0 Å². The number of aliphatic hydroxyl groups excluding tert-OH is 1. The molecule has 0 amide bonds. The number of hydrogen-bond donors (Lipinski definition) is 3. The van der Waals surface area contributed by atoms with Gasteiger partial charge < -0.3 is 15.6 Å². The monoisotopic (exact) mass is 233 g/mol. The van der Waals surface area contributed by atoms with E-state index in [0.717, 1.165) is 5.56 Å². The van der Waals surface area contributed by atoms with Crippen LogP contribution in [0.25, 0.3) is 0 Å². The lowest BCUT2D eigenvalue weighted by Crippen LogP contribution is -2.18. The summed E-state index contributed by atoms with van der Waals surface area (Å²) in [5, 5.41) is 16.9. The van der Waals surface area contributed by atoms with Crippen molar-refractivity contribution < 1.29 is 14.6 Å². The van der Waals surface area contributed by atoms with Crippen molar-refractivity contribution in [2.75, 3.05) is 0 Å². The summed E-state index contributed by atoms with van der Waals surface area (Å²) in [5.74, 6) is -1.52. The van der Waals surface area contributed by atoms with E-state index in [1.165, 1.54) is 0 Å². The summed E-state index contributed by atoms with van der Waals surface area (Å²) in [6.45, 7) is 0. The molecule has 17 heavy (non-hydrogen) atoms. The number of aliphatic hydroxyl groups is 1. The summed E-state index contributed by atoms with van der Waals surface area (Å²) in [6.07, 6.45) is 2.78. The molecular weight excluding hydrogens is 222 g/mol. The predicted octanol–water partition coefficient (Wildman–Crippen LogP) is 0.298. The van der Waals surface area contributed by atoms with E-state index < -0.39 is 17.9 Å². The van der Waals surface area contributed by atoms with E-state index in [4.69, 9.17) is 15.9 Å². The Morgan fingerprint density at radius 3 is 2.71 bits per heavy atom. The molecule has 2 heterocycles. The molecule has 4 N–H and O–H groups in total. The Labute approximate surface area is 97.2 Å². The summed E-state index contributed by atoms with van der Waals surface area (Å²) in [5.41, 5.74) is 5.81. The smallest absolute Gasteiger partial charge is 0.346 e. The minimum absolute atomic E-state index is 0.246. The Morgan fingerprint density at radius 2 is 2.18 bits per heavy atom. The zero-order chi connectivity index (χ0) is 12.4. The number of carbonyl (C=O) groups is 1. The second-order valence-electron chi connectivity index (χ2n) is 3.63. The predicted molar refractivity (Wildman–Crippen MR) is 59.4 cm³/mol. The molecule has 1 atom stereocenters. The summed E-state index contributed by atoms with van der Waals surface area (Å²) in [4.78, 5) is 15.2. The maximum Gasteiger partial charge on any atom is 0.346 e. The highest BCUT2D eigenvalue weighted by atomic mass is 16.6. The number of hydrogen-bond acceptors (Lipinski definition) is 5. The van der Waals surface area contributed by atoms with Crippen LogP contribution in [-0.2, 0) is 16.0 Å². The number of esters is 1. The van der Waals surface area contributed by atoms with Gasteiger partial charge in [-0.05, 0) is 17.7 Å². The lowest BCUT2D eigenvalue weighted by Gasteiger charge is -2.09. The van der Waals surface area contributed by atoms with Crippen molar-refractivity contribution in [1.82, 2.24) is 4.98 Å². The van der Waals surface area contributed by atoms with E-state index in [1.54, 1.807) is 24.5 Å². The van der Waals surface area contributed by atoms with E-state index in [0.29, 0.717) is 6.42 Å². The van der Waals surface area contributed by atoms with Gasteiger partial charge in [0.25, 0.3) is 0 Å². The molecule has 1 aromatic rings. The molecule has 1 aliphatic rings. The van der Waals surface area contributed by atoms with Crippen LogP contribution in [0.4, 0.5) is 0 Å². The molecule has 1 aromatic heterocycles. The second-order valence-corrected chi connectivity index (χ2v) is 3.63. The maximum absolute atomic E-state index is 11.4. The Balaban J connectivity index is 2.20. The first-order valence-corrected chi connectivity index (χ1v) is 4.97. The second kappa shape index (κ2) is 4.25. The fraction of sp³-hybridized carbons (Fsp3) is 0.182. The van der Waals surface area contributed by atoms with Gasteiger partial charge in [0.1, 0.15) is 11.4 Å². The number of nitrogens with two attached hydrogens (primary N) is 1. The fourth-order valence-electron chi connectivity index (χ4n) is 1.63. The fourth-order valence-corrected chi connectivity index (χ4v) is 1.63. The van der Waals surface area contributed by atoms with E-state index in [2.05, 4.69) is 4.98 Å². The number of carbonyl (C=O) groups excluding carboxylic acids is 1. The molecule has 0 spiro atoms. The van der Waals surface area contributed by atoms with Gasteiger partial charge in [0.05, 0.1) is 0 Å². The van der Waals surface area contributed by atoms with Crippen molar-refractivity contribution >= 4 is 11.8 Å². The molecule has 6 nitrogen and oxygen atoms in total. The van der Waals surface area contributed by atoms with Gasteiger partial charge in [0.15, 0.2) is 11.9 Å². The average Bonchev–Trinajstić information content (AvgIpc) is 2.55. The van der Waals surface area contributed by atoms with E-state index in [-0.39, 0.29) is 11.3 Å². The van der Waals surface area contributed by atoms with E-state index in [9.17, 15) is 9.90 Å². The molecule has 1 unspecified atom stereocenters. The Hall–Kier alpha value is -2.37. The zero-order valence-electron chi connectivity index (χ0n) is 8.88.